The van der Waals surface area contributed by atoms with E-state index in [0.717, 1.165) is 18.8 Å². The van der Waals surface area contributed by atoms with Crippen molar-refractivity contribution in [3.05, 3.63) is 0 Å². The first kappa shape index (κ1) is 22.7. The van der Waals surface area contributed by atoms with E-state index in [2.05, 4.69) is 13.8 Å². The van der Waals surface area contributed by atoms with Crippen LogP contribution in [0, 0.1) is 23.7 Å². The minimum atomic E-state index is -1.43. The van der Waals surface area contributed by atoms with Crippen LogP contribution in [-0.2, 0) is 4.74 Å². The molecule has 23 heavy (non-hydrogen) atoms. The van der Waals surface area contributed by atoms with E-state index in [1.54, 1.807) is 0 Å². The van der Waals surface area contributed by atoms with Gasteiger partial charge in [-0.15, -0.1) is 0 Å². The molecule has 2 rings (SSSR count). The molecule has 140 valence electrons. The predicted molar refractivity (Wildman–Crippen MR) is 90.1 cm³/mol. The maximum atomic E-state index is 14.6. The molecule has 0 aromatic carbocycles. The van der Waals surface area contributed by atoms with Gasteiger partial charge in [0.15, 0.2) is 6.17 Å². The molecule has 2 aliphatic rings. The van der Waals surface area contributed by atoms with Crippen molar-refractivity contribution in [2.75, 3.05) is 6.61 Å². The molecule has 2 saturated carbocycles. The van der Waals surface area contributed by atoms with Crippen molar-refractivity contribution in [1.82, 2.24) is 0 Å². The Kier molecular flexibility index (Phi) is 10.5. The lowest BCUT2D eigenvalue weighted by atomic mass is 9.65. The quantitative estimate of drug-likeness (QED) is 0.753. The number of alkyl halides is 2. The smallest absolute Gasteiger partial charge is 0.157 e. The fraction of sp³-hybridized carbons (Fsp3) is 1.00. The Bertz CT molecular complexity index is 309. The largest absolute Gasteiger partial charge is 0.412 e. The minimum Gasteiger partial charge on any atom is -0.412 e. The first-order valence-electron chi connectivity index (χ1n) is 8.98. The summed E-state index contributed by atoms with van der Waals surface area (Å²) in [7, 11) is 0. The summed E-state index contributed by atoms with van der Waals surface area (Å²) in [5.41, 5.74) is 0. The molecule has 0 radical (unpaired) electrons. The molecule has 5 atom stereocenters. The van der Waals surface area contributed by atoms with Gasteiger partial charge in [-0.3, -0.25) is 0 Å². The Morgan fingerprint density at radius 3 is 2.09 bits per heavy atom. The van der Waals surface area contributed by atoms with E-state index in [9.17, 15) is 8.78 Å². The van der Waals surface area contributed by atoms with E-state index in [1.807, 2.05) is 6.92 Å². The van der Waals surface area contributed by atoms with Crippen LogP contribution in [0.5, 0.6) is 0 Å². The highest BCUT2D eigenvalue weighted by Crippen LogP contribution is 2.45. The minimum absolute atomic E-state index is 0. The van der Waals surface area contributed by atoms with E-state index in [1.165, 1.54) is 25.7 Å². The molecular formula is C18H36F2O3. The molecule has 0 amide bonds. The lowest BCUT2D eigenvalue weighted by molar-refractivity contribution is -0.105. The van der Waals surface area contributed by atoms with Crippen molar-refractivity contribution in [3.63, 3.8) is 0 Å². The molecule has 0 bridgehead atoms. The van der Waals surface area contributed by atoms with Gasteiger partial charge in [0, 0.05) is 6.61 Å². The number of halogens is 2. The van der Waals surface area contributed by atoms with Crippen LogP contribution in [0.15, 0.2) is 0 Å². The average molecular weight is 338 g/mol. The first-order valence-corrected chi connectivity index (χ1v) is 8.98. The molecule has 0 saturated heterocycles. The molecule has 5 unspecified atom stereocenters. The van der Waals surface area contributed by atoms with Crippen LogP contribution in [-0.4, -0.2) is 36.0 Å². The molecule has 5 heteroatoms. The lowest BCUT2D eigenvalue weighted by Gasteiger charge is -2.44. The van der Waals surface area contributed by atoms with Crippen LogP contribution < -0.4 is 0 Å². The fourth-order valence-electron chi connectivity index (χ4n) is 4.75. The second kappa shape index (κ2) is 10.6. The van der Waals surface area contributed by atoms with Gasteiger partial charge in [0.25, 0.3) is 0 Å². The Hall–Kier alpha value is -0.260. The molecule has 0 aliphatic heterocycles. The summed E-state index contributed by atoms with van der Waals surface area (Å²) in [4.78, 5) is 0. The summed E-state index contributed by atoms with van der Waals surface area (Å²) < 4.78 is 34.4. The fourth-order valence-corrected chi connectivity index (χ4v) is 4.75. The predicted octanol–water partition coefficient (Wildman–Crippen LogP) is 3.68. The highest BCUT2D eigenvalue weighted by Gasteiger charge is 2.47. The third kappa shape index (κ3) is 5.36. The van der Waals surface area contributed by atoms with Crippen LogP contribution in [0.2, 0.25) is 0 Å². The van der Waals surface area contributed by atoms with Gasteiger partial charge in [-0.2, -0.15) is 0 Å². The lowest BCUT2D eigenvalue weighted by Crippen LogP contribution is -2.49. The van der Waals surface area contributed by atoms with Gasteiger partial charge in [-0.25, -0.2) is 8.78 Å². The summed E-state index contributed by atoms with van der Waals surface area (Å²) in [6.45, 7) is 6.64. The van der Waals surface area contributed by atoms with Crippen molar-refractivity contribution in [3.8, 4) is 0 Å². The number of hydrogen-bond donors (Lipinski definition) is 0. The monoisotopic (exact) mass is 338 g/mol. The summed E-state index contributed by atoms with van der Waals surface area (Å²) in [6, 6.07) is 0. The SMILES string of the molecule is CCCC1CCC(C2C(C)CC(OCC)C(F)C2F)CC1.O.O. The Morgan fingerprint density at radius 1 is 0.957 bits per heavy atom. The third-order valence-corrected chi connectivity index (χ3v) is 5.80. The molecule has 0 spiro atoms. The molecule has 3 nitrogen and oxygen atoms in total. The molecule has 0 aromatic rings. The van der Waals surface area contributed by atoms with Gasteiger partial charge in [-0.1, -0.05) is 39.5 Å². The maximum absolute atomic E-state index is 14.6. The standard InChI is InChI=1S/C18H32F2O.2H2O/c1-4-6-13-7-9-14(10-8-13)16-12(3)11-15(21-5-2)17(19)18(16)20;;/h12-18H,4-11H2,1-3H3;2*1H2. The van der Waals surface area contributed by atoms with Crippen molar-refractivity contribution in [2.45, 2.75) is 84.2 Å². The summed E-state index contributed by atoms with van der Waals surface area (Å²) in [5, 5.41) is 0. The zero-order chi connectivity index (χ0) is 15.4. The van der Waals surface area contributed by atoms with Crippen molar-refractivity contribution in [2.24, 2.45) is 23.7 Å². The highest BCUT2D eigenvalue weighted by molar-refractivity contribution is 4.96. The van der Waals surface area contributed by atoms with Crippen LogP contribution in [0.1, 0.15) is 65.7 Å². The normalized spacial score (nSPS) is 40.8. The van der Waals surface area contributed by atoms with E-state index in [4.69, 9.17) is 4.74 Å². The van der Waals surface area contributed by atoms with E-state index in [0.29, 0.717) is 18.9 Å². The van der Waals surface area contributed by atoms with Gasteiger partial charge in [0.1, 0.15) is 6.17 Å². The number of rotatable bonds is 5. The Labute approximate surface area is 139 Å². The summed E-state index contributed by atoms with van der Waals surface area (Å²) >= 11 is 0. The second-order valence-electron chi connectivity index (χ2n) is 7.24. The van der Waals surface area contributed by atoms with Crippen LogP contribution in [0.3, 0.4) is 0 Å². The molecule has 4 N–H and O–H groups in total. The summed E-state index contributed by atoms with van der Waals surface area (Å²) in [6.07, 6.45) is 4.51. The van der Waals surface area contributed by atoms with Crippen LogP contribution >= 0.6 is 0 Å². The molecular weight excluding hydrogens is 302 g/mol. The molecule has 0 heterocycles. The van der Waals surface area contributed by atoms with Gasteiger partial charge in [0.2, 0.25) is 0 Å². The summed E-state index contributed by atoms with van der Waals surface area (Å²) in [5.74, 6) is 1.33. The topological polar surface area (TPSA) is 72.2 Å². The second-order valence-corrected chi connectivity index (χ2v) is 7.24. The van der Waals surface area contributed by atoms with Gasteiger partial charge in [0.05, 0.1) is 6.10 Å². The third-order valence-electron chi connectivity index (χ3n) is 5.80. The highest BCUT2D eigenvalue weighted by atomic mass is 19.2. The van der Waals surface area contributed by atoms with Crippen molar-refractivity contribution < 1.29 is 24.5 Å². The van der Waals surface area contributed by atoms with Gasteiger partial charge >= 0.3 is 0 Å². The first-order chi connectivity index (χ1) is 10.1. The zero-order valence-electron chi connectivity index (χ0n) is 14.9. The maximum Gasteiger partial charge on any atom is 0.157 e. The van der Waals surface area contributed by atoms with E-state index in [-0.39, 0.29) is 22.8 Å². The van der Waals surface area contributed by atoms with Crippen molar-refractivity contribution >= 4 is 0 Å². The molecule has 0 aromatic heterocycles. The Balaban J connectivity index is 0.00000242. The average Bonchev–Trinajstić information content (AvgIpc) is 2.47. The van der Waals surface area contributed by atoms with E-state index >= 15 is 0 Å². The zero-order valence-corrected chi connectivity index (χ0v) is 14.9. The van der Waals surface area contributed by atoms with Crippen LogP contribution in [0.25, 0.3) is 0 Å². The van der Waals surface area contributed by atoms with Crippen LogP contribution in [0.4, 0.5) is 8.78 Å². The van der Waals surface area contributed by atoms with E-state index < -0.39 is 18.4 Å². The van der Waals surface area contributed by atoms with Crippen molar-refractivity contribution in [1.29, 1.82) is 0 Å². The Morgan fingerprint density at radius 2 is 1.57 bits per heavy atom. The number of hydrogen-bond acceptors (Lipinski definition) is 1. The van der Waals surface area contributed by atoms with Gasteiger partial charge < -0.3 is 15.7 Å². The van der Waals surface area contributed by atoms with Gasteiger partial charge in [-0.05, 0) is 49.9 Å². The molecule has 2 aliphatic carbocycles. The number of ether oxygens (including phenoxy) is 1. The molecule has 2 fully saturated rings.